The van der Waals surface area contributed by atoms with Crippen LogP contribution in [0, 0.1) is 11.3 Å². The lowest BCUT2D eigenvalue weighted by Gasteiger charge is -2.34. The largest absolute Gasteiger partial charge is 0.483 e. The SMILES string of the molecule is N#Cc1cc(NC(=O)C2CCCCN2C(=O)c2cccs2)ccc1OCC(F)(F)F. The van der Waals surface area contributed by atoms with Gasteiger partial charge in [0, 0.05) is 12.2 Å². The van der Waals surface area contributed by atoms with Crippen molar-refractivity contribution in [2.45, 2.75) is 31.5 Å². The van der Waals surface area contributed by atoms with Crippen LogP contribution in [-0.4, -0.2) is 42.1 Å². The average Bonchev–Trinajstić information content (AvgIpc) is 3.26. The Kier molecular flexibility index (Phi) is 6.62. The molecule has 3 rings (SSSR count). The first-order chi connectivity index (χ1) is 14.3. The van der Waals surface area contributed by atoms with Crippen molar-refractivity contribution in [1.29, 1.82) is 5.26 Å². The van der Waals surface area contributed by atoms with Gasteiger partial charge in [0.25, 0.3) is 5.91 Å². The number of thiophene rings is 1. The number of nitrogens with zero attached hydrogens (tertiary/aromatic N) is 2. The summed E-state index contributed by atoms with van der Waals surface area (Å²) in [5.74, 6) is -0.842. The summed E-state index contributed by atoms with van der Waals surface area (Å²) in [7, 11) is 0. The molecule has 1 aliphatic heterocycles. The molecule has 1 aromatic heterocycles. The van der Waals surface area contributed by atoms with Gasteiger partial charge in [-0.3, -0.25) is 9.59 Å². The molecule has 1 aromatic carbocycles. The van der Waals surface area contributed by atoms with Gasteiger partial charge in [-0.25, -0.2) is 0 Å². The number of anilines is 1. The van der Waals surface area contributed by atoms with E-state index in [9.17, 15) is 28.0 Å². The Bertz CT molecular complexity index is 954. The number of carbonyl (C=O) groups excluding carboxylic acids is 2. The van der Waals surface area contributed by atoms with E-state index in [1.54, 1.807) is 23.6 Å². The summed E-state index contributed by atoms with van der Waals surface area (Å²) in [6.07, 6.45) is -2.44. The number of ether oxygens (including phenoxy) is 1. The molecular weight excluding hydrogens is 419 g/mol. The molecule has 6 nitrogen and oxygen atoms in total. The topological polar surface area (TPSA) is 82.4 Å². The van der Waals surface area contributed by atoms with E-state index in [2.05, 4.69) is 10.1 Å². The molecule has 0 saturated carbocycles. The van der Waals surface area contributed by atoms with E-state index in [0.29, 0.717) is 17.8 Å². The average molecular weight is 437 g/mol. The lowest BCUT2D eigenvalue weighted by molar-refractivity contribution is -0.153. The molecule has 158 valence electrons. The molecule has 2 aromatic rings. The smallest absolute Gasteiger partial charge is 0.422 e. The number of halogens is 3. The zero-order chi connectivity index (χ0) is 21.7. The summed E-state index contributed by atoms with van der Waals surface area (Å²) in [6, 6.07) is 8.38. The monoisotopic (exact) mass is 437 g/mol. The van der Waals surface area contributed by atoms with Gasteiger partial charge >= 0.3 is 6.18 Å². The van der Waals surface area contributed by atoms with Gasteiger partial charge in [-0.15, -0.1) is 11.3 Å². The second kappa shape index (κ2) is 9.17. The van der Waals surface area contributed by atoms with Crippen molar-refractivity contribution in [3.63, 3.8) is 0 Å². The number of hydrogen-bond acceptors (Lipinski definition) is 5. The molecule has 1 unspecified atom stereocenters. The highest BCUT2D eigenvalue weighted by Crippen LogP contribution is 2.27. The number of likely N-dealkylation sites (tertiary alicyclic amines) is 1. The standard InChI is InChI=1S/C20H18F3N3O3S/c21-20(22,23)12-29-16-7-6-14(10-13(16)11-24)25-18(27)15-4-1-2-8-26(15)19(28)17-5-3-9-30-17/h3,5-7,9-10,15H,1-2,4,8,12H2,(H,25,27). The maximum atomic E-state index is 12.8. The van der Waals surface area contributed by atoms with E-state index in [-0.39, 0.29) is 22.9 Å². The Morgan fingerprint density at radius 3 is 2.77 bits per heavy atom. The summed E-state index contributed by atoms with van der Waals surface area (Å²) in [6.45, 7) is -1.06. The molecule has 30 heavy (non-hydrogen) atoms. The first-order valence-corrected chi connectivity index (χ1v) is 10.1. The van der Waals surface area contributed by atoms with Crippen molar-refractivity contribution in [1.82, 2.24) is 4.90 Å². The van der Waals surface area contributed by atoms with Crippen LogP contribution in [-0.2, 0) is 4.79 Å². The van der Waals surface area contributed by atoms with Crippen molar-refractivity contribution in [3.05, 3.63) is 46.2 Å². The van der Waals surface area contributed by atoms with Gasteiger partial charge in [-0.05, 0) is 48.9 Å². The number of nitrogens with one attached hydrogen (secondary N) is 1. The normalized spacial score (nSPS) is 16.6. The van der Waals surface area contributed by atoms with Crippen molar-refractivity contribution >= 4 is 28.8 Å². The zero-order valence-corrected chi connectivity index (χ0v) is 16.6. The van der Waals surface area contributed by atoms with Gasteiger partial charge in [0.2, 0.25) is 5.91 Å². The third kappa shape index (κ3) is 5.30. The molecule has 0 radical (unpaired) electrons. The number of carbonyl (C=O) groups is 2. The third-order valence-electron chi connectivity index (χ3n) is 4.56. The minimum absolute atomic E-state index is 0.132. The second-order valence-electron chi connectivity index (χ2n) is 6.70. The molecule has 10 heteroatoms. The van der Waals surface area contributed by atoms with Crippen molar-refractivity contribution in [2.24, 2.45) is 0 Å². The van der Waals surface area contributed by atoms with Crippen LogP contribution in [0.5, 0.6) is 5.75 Å². The fourth-order valence-corrected chi connectivity index (χ4v) is 3.87. The summed E-state index contributed by atoms with van der Waals surface area (Å²) in [4.78, 5) is 27.6. The molecule has 1 saturated heterocycles. The summed E-state index contributed by atoms with van der Waals surface area (Å²) < 4.78 is 41.7. The lowest BCUT2D eigenvalue weighted by Crippen LogP contribution is -2.49. The van der Waals surface area contributed by atoms with E-state index in [1.165, 1.54) is 34.4 Å². The van der Waals surface area contributed by atoms with Gasteiger partial charge < -0.3 is 15.0 Å². The Labute approximate surface area is 174 Å². The Morgan fingerprint density at radius 1 is 1.30 bits per heavy atom. The maximum absolute atomic E-state index is 12.8. The van der Waals surface area contributed by atoms with E-state index in [0.717, 1.165) is 12.8 Å². The zero-order valence-electron chi connectivity index (χ0n) is 15.7. The highest BCUT2D eigenvalue weighted by molar-refractivity contribution is 7.12. The summed E-state index contributed by atoms with van der Waals surface area (Å²) in [5, 5.41) is 13.6. The number of rotatable bonds is 5. The van der Waals surface area contributed by atoms with Crippen molar-refractivity contribution < 1.29 is 27.5 Å². The minimum Gasteiger partial charge on any atom is -0.483 e. The van der Waals surface area contributed by atoms with Gasteiger partial charge in [-0.1, -0.05) is 6.07 Å². The van der Waals surface area contributed by atoms with E-state index in [1.807, 2.05) is 0 Å². The maximum Gasteiger partial charge on any atom is 0.422 e. The highest BCUT2D eigenvalue weighted by atomic mass is 32.1. The highest BCUT2D eigenvalue weighted by Gasteiger charge is 2.33. The van der Waals surface area contributed by atoms with Gasteiger partial charge in [0.1, 0.15) is 17.9 Å². The number of alkyl halides is 3. The number of piperidine rings is 1. The van der Waals surface area contributed by atoms with Gasteiger partial charge in [0.05, 0.1) is 10.4 Å². The van der Waals surface area contributed by atoms with E-state index >= 15 is 0 Å². The van der Waals surface area contributed by atoms with Crippen LogP contribution in [0.3, 0.4) is 0 Å². The quantitative estimate of drug-likeness (QED) is 0.760. The molecule has 2 heterocycles. The van der Waals surface area contributed by atoms with Crippen LogP contribution in [0.15, 0.2) is 35.7 Å². The predicted octanol–water partition coefficient (Wildman–Crippen LogP) is 4.19. The van der Waals surface area contributed by atoms with E-state index in [4.69, 9.17) is 0 Å². The Morgan fingerprint density at radius 2 is 2.10 bits per heavy atom. The molecule has 1 fully saturated rings. The van der Waals surface area contributed by atoms with E-state index < -0.39 is 24.7 Å². The molecule has 1 atom stereocenters. The predicted molar refractivity (Wildman–Crippen MR) is 104 cm³/mol. The molecule has 1 N–H and O–H groups in total. The summed E-state index contributed by atoms with van der Waals surface area (Å²) in [5.41, 5.74) is 0.109. The van der Waals surface area contributed by atoms with Crippen molar-refractivity contribution in [2.75, 3.05) is 18.5 Å². The second-order valence-corrected chi connectivity index (χ2v) is 7.65. The number of nitriles is 1. The summed E-state index contributed by atoms with van der Waals surface area (Å²) >= 11 is 1.30. The molecule has 2 amide bonds. The molecule has 0 spiro atoms. The molecule has 0 bridgehead atoms. The molecular formula is C20H18F3N3O3S. The van der Waals surface area contributed by atoms with Crippen LogP contribution in [0.4, 0.5) is 18.9 Å². The van der Waals surface area contributed by atoms with Crippen molar-refractivity contribution in [3.8, 4) is 11.8 Å². The molecule has 0 aliphatic carbocycles. The first-order valence-electron chi connectivity index (χ1n) is 9.17. The van der Waals surface area contributed by atoms with Crippen LogP contribution in [0.2, 0.25) is 0 Å². The number of amides is 2. The first kappa shape index (κ1) is 21.6. The van der Waals surface area contributed by atoms with Gasteiger partial charge in [0.15, 0.2) is 6.61 Å². The fourth-order valence-electron chi connectivity index (χ4n) is 3.20. The van der Waals surface area contributed by atoms with Crippen LogP contribution in [0.1, 0.15) is 34.5 Å². The minimum atomic E-state index is -4.53. The lowest BCUT2D eigenvalue weighted by atomic mass is 10.0. The van der Waals surface area contributed by atoms with Crippen LogP contribution in [0.25, 0.3) is 0 Å². The number of benzene rings is 1. The van der Waals surface area contributed by atoms with Gasteiger partial charge in [-0.2, -0.15) is 18.4 Å². The number of hydrogen-bond donors (Lipinski definition) is 1. The molecule has 1 aliphatic rings. The third-order valence-corrected chi connectivity index (χ3v) is 5.42. The fraction of sp³-hybridized carbons (Fsp3) is 0.350. The van der Waals surface area contributed by atoms with Crippen LogP contribution < -0.4 is 10.1 Å². The Hall–Kier alpha value is -3.06. The Balaban J connectivity index is 1.72. The van der Waals surface area contributed by atoms with Crippen LogP contribution >= 0.6 is 11.3 Å².